The Morgan fingerprint density at radius 2 is 1.00 bits per heavy atom. The van der Waals surface area contributed by atoms with Gasteiger partial charge < -0.3 is 21.3 Å². The molecule has 22 heavy (non-hydrogen) atoms. The van der Waals surface area contributed by atoms with Crippen molar-refractivity contribution in [3.8, 4) is 0 Å². The van der Waals surface area contributed by atoms with Gasteiger partial charge in [-0.3, -0.25) is 0 Å². The first kappa shape index (κ1) is 27.2. The third kappa shape index (κ3) is 18.4. The minimum Gasteiger partial charge on any atom is -0.676 e. The van der Waals surface area contributed by atoms with E-state index in [1.807, 2.05) is 21.0 Å². The van der Waals surface area contributed by atoms with Gasteiger partial charge in [0.15, 0.2) is 0 Å². The molecule has 139 valence electrons. The summed E-state index contributed by atoms with van der Waals surface area (Å²) >= 11 is 0. The van der Waals surface area contributed by atoms with Crippen molar-refractivity contribution in [3.05, 3.63) is 21.3 Å². The largest absolute Gasteiger partial charge is 0.676 e. The van der Waals surface area contributed by atoms with Gasteiger partial charge in [-0.1, -0.05) is 60.8 Å². The quantitative estimate of drug-likeness (QED) is 0.472. The molecule has 0 aromatic carbocycles. The molecule has 0 amide bonds. The Bertz CT molecular complexity index is 185. The van der Waals surface area contributed by atoms with Crippen molar-refractivity contribution in [3.63, 3.8) is 0 Å². The molecular weight excluding hydrogens is 319 g/mol. The van der Waals surface area contributed by atoms with Gasteiger partial charge in [-0.25, -0.2) is 6.17 Å². The van der Waals surface area contributed by atoms with E-state index in [2.05, 4.69) is 62.8 Å². The number of rotatable bonds is 10. The normalized spacial score (nSPS) is 13.6. The molecule has 2 unspecified atom stereocenters. The molecule has 0 saturated heterocycles. The Kier molecular flexibility index (Phi) is 21.9. The van der Waals surface area contributed by atoms with Crippen LogP contribution in [0.2, 0.25) is 0 Å². The van der Waals surface area contributed by atoms with Gasteiger partial charge in [-0.05, 0) is 0 Å². The van der Waals surface area contributed by atoms with Crippen LogP contribution in [0, 0.1) is 0 Å². The molecule has 2 atom stereocenters. The number of hydrogen-bond acceptors (Lipinski definition) is 0. The van der Waals surface area contributed by atoms with E-state index in [0.717, 1.165) is 19.3 Å². The van der Waals surface area contributed by atoms with Gasteiger partial charge in [-0.15, -0.1) is 31.1 Å². The predicted octanol–water partition coefficient (Wildman–Crippen LogP) is 5.83. The second kappa shape index (κ2) is 17.7. The van der Waals surface area contributed by atoms with Crippen LogP contribution >= 0.6 is 0 Å². The predicted molar refractivity (Wildman–Crippen MR) is 97.8 cm³/mol. The summed E-state index contributed by atoms with van der Waals surface area (Å²) in [4.78, 5) is 0. The smallest absolute Gasteiger partial charge is 0 e. The monoisotopic (exact) mass is 357 g/mol. The molecule has 0 aliphatic heterocycles. The van der Waals surface area contributed by atoms with Crippen molar-refractivity contribution in [1.29, 1.82) is 0 Å². The summed E-state index contributed by atoms with van der Waals surface area (Å²) in [5, 5.41) is 17.3. The molecule has 0 aromatic heterocycles. The van der Waals surface area contributed by atoms with Crippen LogP contribution in [0.5, 0.6) is 0 Å². The average molecular weight is 357 g/mol. The molecule has 0 aliphatic carbocycles. The van der Waals surface area contributed by atoms with Crippen LogP contribution in [0.3, 0.4) is 0 Å². The zero-order chi connectivity index (χ0) is 16.8. The summed E-state index contributed by atoms with van der Waals surface area (Å²) in [5.41, 5.74) is 0. The molecule has 0 rings (SSSR count). The molecule has 0 heterocycles. The topological polar surface area (TPSA) is 56.4 Å². The van der Waals surface area contributed by atoms with Crippen molar-refractivity contribution in [2.75, 3.05) is 14.1 Å². The molecule has 0 N–H and O–H groups in total. The molecule has 0 aromatic rings. The maximum Gasteiger partial charge on any atom is 0 e. The molecular formula is C17H38CoN4-4. The van der Waals surface area contributed by atoms with Crippen molar-refractivity contribution in [1.82, 2.24) is 0 Å². The fraction of sp³-hybridized carbons (Fsp3) is 1.00. The summed E-state index contributed by atoms with van der Waals surface area (Å²) in [6.45, 7) is 14.7. The average Bonchev–Trinajstić information content (AvgIpc) is 2.39. The maximum atomic E-state index is 4.35. The maximum absolute atomic E-state index is 4.35. The molecule has 5 heteroatoms. The summed E-state index contributed by atoms with van der Waals surface area (Å²) in [7, 11) is 3.80. The molecule has 4 nitrogen and oxygen atoms in total. The third-order valence-electron chi connectivity index (χ3n) is 3.24. The van der Waals surface area contributed by atoms with Crippen molar-refractivity contribution < 1.29 is 16.8 Å². The van der Waals surface area contributed by atoms with E-state index in [1.54, 1.807) is 0 Å². The molecule has 0 saturated carbocycles. The van der Waals surface area contributed by atoms with Crippen molar-refractivity contribution in [2.45, 2.75) is 98.1 Å². The molecule has 0 aliphatic rings. The first-order valence-electron chi connectivity index (χ1n) is 8.38. The van der Waals surface area contributed by atoms with E-state index >= 15 is 0 Å². The van der Waals surface area contributed by atoms with Crippen LogP contribution < -0.4 is 0 Å². The van der Waals surface area contributed by atoms with Gasteiger partial charge in [0.1, 0.15) is 0 Å². The Morgan fingerprint density at radius 1 is 0.682 bits per heavy atom. The van der Waals surface area contributed by atoms with Crippen LogP contribution in [0.15, 0.2) is 0 Å². The Labute approximate surface area is 150 Å². The summed E-state index contributed by atoms with van der Waals surface area (Å²) in [5.74, 6) is 0. The molecule has 0 bridgehead atoms. The molecule has 0 spiro atoms. The molecule has 0 fully saturated rings. The third-order valence-corrected chi connectivity index (χ3v) is 3.24. The summed E-state index contributed by atoms with van der Waals surface area (Å²) in [6.07, 6.45) is 3.57. The van der Waals surface area contributed by atoms with E-state index in [9.17, 15) is 0 Å². The van der Waals surface area contributed by atoms with Gasteiger partial charge in [0.25, 0.3) is 0 Å². The van der Waals surface area contributed by atoms with Crippen LogP contribution in [-0.4, -0.2) is 44.4 Å². The van der Waals surface area contributed by atoms with E-state index in [-0.39, 0.29) is 22.9 Å². The van der Waals surface area contributed by atoms with Crippen LogP contribution in [-0.2, 0) is 16.8 Å². The summed E-state index contributed by atoms with van der Waals surface area (Å²) < 4.78 is 0. The minimum absolute atomic E-state index is 0. The van der Waals surface area contributed by atoms with Gasteiger partial charge in [-0.2, -0.15) is 14.1 Å². The van der Waals surface area contributed by atoms with E-state index in [4.69, 9.17) is 0 Å². The Hall–Kier alpha value is 0.346. The number of hydrogen-bond donors (Lipinski definition) is 0. The van der Waals surface area contributed by atoms with Crippen LogP contribution in [0.25, 0.3) is 21.3 Å². The van der Waals surface area contributed by atoms with Crippen molar-refractivity contribution >= 4 is 0 Å². The van der Waals surface area contributed by atoms with E-state index < -0.39 is 0 Å². The number of nitrogens with zero attached hydrogens (tertiary/aromatic N) is 4. The van der Waals surface area contributed by atoms with Gasteiger partial charge in [0, 0.05) is 16.8 Å². The first-order chi connectivity index (χ1) is 9.80. The summed E-state index contributed by atoms with van der Waals surface area (Å²) in [6, 6.07) is 1.84. The standard InChI is InChI=1S/C9H20N2.C8H18N2.Co/c1-5-8(10-3)7-9(6-2)11-4;1-6(2)9-8(5)10-7(3)4;/h8-9H,5-7H2,1-4H3;6-8H,1-5H3;/q2*-2;. The second-order valence-corrected chi connectivity index (χ2v) is 5.99. The van der Waals surface area contributed by atoms with Crippen LogP contribution in [0.1, 0.15) is 67.7 Å². The van der Waals surface area contributed by atoms with E-state index in [0.29, 0.717) is 24.2 Å². The van der Waals surface area contributed by atoms with Crippen molar-refractivity contribution in [2.24, 2.45) is 0 Å². The molecule has 1 radical (unpaired) electrons. The fourth-order valence-electron chi connectivity index (χ4n) is 2.12. The van der Waals surface area contributed by atoms with Crippen LogP contribution in [0.4, 0.5) is 0 Å². The van der Waals surface area contributed by atoms with Gasteiger partial charge >= 0.3 is 0 Å². The first-order valence-corrected chi connectivity index (χ1v) is 8.38. The van der Waals surface area contributed by atoms with E-state index in [1.165, 1.54) is 0 Å². The minimum atomic E-state index is 0. The zero-order valence-electron chi connectivity index (χ0n) is 16.1. The second-order valence-electron chi connectivity index (χ2n) is 5.99. The Morgan fingerprint density at radius 3 is 1.18 bits per heavy atom. The zero-order valence-corrected chi connectivity index (χ0v) is 17.2. The van der Waals surface area contributed by atoms with Gasteiger partial charge in [0.2, 0.25) is 0 Å². The fourth-order valence-corrected chi connectivity index (χ4v) is 2.12. The van der Waals surface area contributed by atoms with Gasteiger partial charge in [0.05, 0.1) is 0 Å². The SMILES string of the molecule is CC(C)[N-]C(C)[N-]C(C)C.CCC(CC(CC)[N-]C)[N-]C.[Co]. The Balaban J connectivity index is -0.000000315.